The van der Waals surface area contributed by atoms with Crippen molar-refractivity contribution < 1.29 is 9.32 Å². The molecule has 2 N–H and O–H groups in total. The largest absolute Gasteiger partial charge is 0.359 e. The molecule has 0 aromatic carbocycles. The van der Waals surface area contributed by atoms with Gasteiger partial charge in [0.05, 0.1) is 23.9 Å². The van der Waals surface area contributed by atoms with Gasteiger partial charge in [-0.15, -0.1) is 0 Å². The molecule has 0 radical (unpaired) electrons. The van der Waals surface area contributed by atoms with Crippen LogP contribution in [0, 0.1) is 12.8 Å². The van der Waals surface area contributed by atoms with Gasteiger partial charge in [0.15, 0.2) is 5.76 Å². The van der Waals surface area contributed by atoms with Gasteiger partial charge in [0.25, 0.3) is 0 Å². The van der Waals surface area contributed by atoms with Gasteiger partial charge in [-0.2, -0.15) is 0 Å². The first-order valence-electron chi connectivity index (χ1n) is 9.47. The number of aryl methyl sites for hydroxylation is 3. The molecule has 1 amide bonds. The lowest BCUT2D eigenvalue weighted by molar-refractivity contribution is -0.125. The van der Waals surface area contributed by atoms with E-state index in [-0.39, 0.29) is 17.7 Å². The number of amides is 1. The Labute approximate surface area is 154 Å². The second kappa shape index (κ2) is 8.03. The minimum absolute atomic E-state index is 0.0493. The molecule has 0 spiro atoms. The zero-order valence-electron chi connectivity index (χ0n) is 16.1. The summed E-state index contributed by atoms with van der Waals surface area (Å²) in [5.41, 5.74) is 3.03. The van der Waals surface area contributed by atoms with Gasteiger partial charge in [0.2, 0.25) is 5.91 Å². The van der Waals surface area contributed by atoms with Crippen molar-refractivity contribution in [3.8, 4) is 0 Å². The number of imidazole rings is 1. The molecule has 1 fully saturated rings. The van der Waals surface area contributed by atoms with E-state index in [0.717, 1.165) is 55.3 Å². The normalized spacial score (nSPS) is 20.6. The van der Waals surface area contributed by atoms with E-state index >= 15 is 0 Å². The highest BCUT2D eigenvalue weighted by Crippen LogP contribution is 2.33. The molecule has 3 heterocycles. The van der Waals surface area contributed by atoms with Crippen LogP contribution in [0.2, 0.25) is 0 Å². The van der Waals surface area contributed by atoms with E-state index in [1.807, 2.05) is 13.0 Å². The number of hydrogen-bond donors (Lipinski definition) is 2. The van der Waals surface area contributed by atoms with Crippen LogP contribution in [0.4, 0.5) is 0 Å². The standard InChI is InChI=1S/C19H29N5O2/c1-5-7-13-8-14(26-23-13)9-20-19(25)16-11-24(4)10-15(16)18-12(3)21-17(6-2)22-18/h8,15-16H,5-7,9-11H2,1-4H3,(H,20,25)(H,21,22)/t15-,16-/m1/s1. The number of nitrogens with zero attached hydrogens (tertiary/aromatic N) is 3. The highest BCUT2D eigenvalue weighted by Gasteiger charge is 2.39. The SMILES string of the molecule is CCCc1cc(CNC(=O)[C@@H]2CN(C)C[C@H]2c2nc(CC)[nH]c2C)on1. The number of hydrogen-bond acceptors (Lipinski definition) is 5. The van der Waals surface area contributed by atoms with Gasteiger partial charge in [-0.25, -0.2) is 4.98 Å². The third-order valence-corrected chi connectivity index (χ3v) is 5.05. The van der Waals surface area contributed by atoms with Gasteiger partial charge in [0.1, 0.15) is 5.82 Å². The molecule has 2 atom stereocenters. The molecule has 26 heavy (non-hydrogen) atoms. The van der Waals surface area contributed by atoms with Crippen LogP contribution >= 0.6 is 0 Å². The van der Waals surface area contributed by atoms with Gasteiger partial charge in [-0.1, -0.05) is 25.4 Å². The van der Waals surface area contributed by atoms with E-state index in [0.29, 0.717) is 12.3 Å². The summed E-state index contributed by atoms with van der Waals surface area (Å²) in [5, 5.41) is 7.05. The van der Waals surface area contributed by atoms with Crippen LogP contribution in [-0.2, 0) is 24.2 Å². The lowest BCUT2D eigenvalue weighted by Crippen LogP contribution is -2.34. The summed E-state index contributed by atoms with van der Waals surface area (Å²) < 4.78 is 5.31. The summed E-state index contributed by atoms with van der Waals surface area (Å²) in [6, 6.07) is 1.92. The smallest absolute Gasteiger partial charge is 0.225 e. The van der Waals surface area contributed by atoms with Gasteiger partial charge >= 0.3 is 0 Å². The summed E-state index contributed by atoms with van der Waals surface area (Å²) in [7, 11) is 2.05. The first kappa shape index (κ1) is 18.6. The average molecular weight is 359 g/mol. The van der Waals surface area contributed by atoms with Crippen molar-refractivity contribution in [3.05, 3.63) is 34.7 Å². The molecule has 0 saturated carbocycles. The molecule has 2 aromatic heterocycles. The Bertz CT molecular complexity index is 751. The Balaban J connectivity index is 1.67. The third kappa shape index (κ3) is 3.98. The van der Waals surface area contributed by atoms with Crippen molar-refractivity contribution in [1.29, 1.82) is 0 Å². The maximum Gasteiger partial charge on any atom is 0.225 e. The quantitative estimate of drug-likeness (QED) is 0.791. The lowest BCUT2D eigenvalue weighted by atomic mass is 9.91. The van der Waals surface area contributed by atoms with Crippen molar-refractivity contribution in [2.45, 2.75) is 52.5 Å². The molecule has 2 aromatic rings. The predicted molar refractivity (Wildman–Crippen MR) is 98.8 cm³/mol. The number of rotatable bonds is 7. The number of carbonyl (C=O) groups is 1. The molecule has 0 bridgehead atoms. The number of likely N-dealkylation sites (N-methyl/N-ethyl adjacent to an activating group) is 1. The summed E-state index contributed by atoms with van der Waals surface area (Å²) in [6.07, 6.45) is 2.79. The third-order valence-electron chi connectivity index (χ3n) is 5.05. The molecule has 7 nitrogen and oxygen atoms in total. The van der Waals surface area contributed by atoms with Gasteiger partial charge in [-0.3, -0.25) is 4.79 Å². The Hall–Kier alpha value is -2.15. The van der Waals surface area contributed by atoms with Crippen LogP contribution in [0.15, 0.2) is 10.6 Å². The molecule has 3 rings (SSSR count). The van der Waals surface area contributed by atoms with E-state index in [2.05, 4.69) is 41.3 Å². The Morgan fingerprint density at radius 1 is 1.42 bits per heavy atom. The van der Waals surface area contributed by atoms with Crippen LogP contribution in [0.1, 0.15) is 54.9 Å². The summed E-state index contributed by atoms with van der Waals surface area (Å²) in [5.74, 6) is 1.74. The summed E-state index contributed by atoms with van der Waals surface area (Å²) in [6.45, 7) is 8.18. The second-order valence-electron chi connectivity index (χ2n) is 7.23. The predicted octanol–water partition coefficient (Wildman–Crippen LogP) is 2.18. The van der Waals surface area contributed by atoms with Crippen molar-refractivity contribution in [3.63, 3.8) is 0 Å². The van der Waals surface area contributed by atoms with Crippen LogP contribution in [-0.4, -0.2) is 46.1 Å². The Morgan fingerprint density at radius 3 is 2.92 bits per heavy atom. The first-order valence-corrected chi connectivity index (χ1v) is 9.47. The zero-order valence-corrected chi connectivity index (χ0v) is 16.1. The number of carbonyl (C=O) groups excluding carboxylic acids is 1. The van der Waals surface area contributed by atoms with E-state index in [4.69, 9.17) is 9.51 Å². The number of H-pyrrole nitrogens is 1. The van der Waals surface area contributed by atoms with Gasteiger partial charge in [-0.05, 0) is 20.4 Å². The lowest BCUT2D eigenvalue weighted by Gasteiger charge is -2.16. The summed E-state index contributed by atoms with van der Waals surface area (Å²) in [4.78, 5) is 23.1. The molecule has 1 aliphatic heterocycles. The van der Waals surface area contributed by atoms with Crippen LogP contribution in [0.5, 0.6) is 0 Å². The van der Waals surface area contributed by atoms with Crippen molar-refractivity contribution in [2.75, 3.05) is 20.1 Å². The van der Waals surface area contributed by atoms with E-state index in [9.17, 15) is 4.79 Å². The molecular weight excluding hydrogens is 330 g/mol. The number of aromatic nitrogens is 3. The Morgan fingerprint density at radius 2 is 2.23 bits per heavy atom. The second-order valence-corrected chi connectivity index (χ2v) is 7.23. The number of aromatic amines is 1. The van der Waals surface area contributed by atoms with Gasteiger partial charge in [0, 0.05) is 37.2 Å². The molecule has 0 aliphatic carbocycles. The van der Waals surface area contributed by atoms with Crippen molar-refractivity contribution in [1.82, 2.24) is 25.3 Å². The minimum Gasteiger partial charge on any atom is -0.359 e. The maximum absolute atomic E-state index is 12.8. The molecule has 142 valence electrons. The average Bonchev–Trinajstić information content (AvgIpc) is 3.31. The van der Waals surface area contributed by atoms with Crippen LogP contribution in [0.3, 0.4) is 0 Å². The van der Waals surface area contributed by atoms with Crippen LogP contribution in [0.25, 0.3) is 0 Å². The molecule has 1 aliphatic rings. The maximum atomic E-state index is 12.8. The molecular formula is C19H29N5O2. The van der Waals surface area contributed by atoms with Crippen molar-refractivity contribution in [2.24, 2.45) is 5.92 Å². The topological polar surface area (TPSA) is 87.0 Å². The fourth-order valence-electron chi connectivity index (χ4n) is 3.73. The minimum atomic E-state index is -0.107. The highest BCUT2D eigenvalue weighted by atomic mass is 16.5. The van der Waals surface area contributed by atoms with Gasteiger partial charge < -0.3 is 19.7 Å². The first-order chi connectivity index (χ1) is 12.5. The number of nitrogens with one attached hydrogen (secondary N) is 2. The van der Waals surface area contributed by atoms with Crippen molar-refractivity contribution >= 4 is 5.91 Å². The van der Waals surface area contributed by atoms with Crippen LogP contribution < -0.4 is 5.32 Å². The zero-order chi connectivity index (χ0) is 18.7. The fourth-order valence-corrected chi connectivity index (χ4v) is 3.73. The molecule has 0 unspecified atom stereocenters. The fraction of sp³-hybridized carbons (Fsp3) is 0.632. The monoisotopic (exact) mass is 359 g/mol. The number of likely N-dealkylation sites (tertiary alicyclic amines) is 1. The summed E-state index contributed by atoms with van der Waals surface area (Å²) >= 11 is 0. The Kier molecular flexibility index (Phi) is 5.76. The van der Waals surface area contributed by atoms with E-state index < -0.39 is 0 Å². The molecule has 7 heteroatoms. The molecule has 1 saturated heterocycles. The van der Waals surface area contributed by atoms with E-state index in [1.54, 1.807) is 0 Å². The highest BCUT2D eigenvalue weighted by molar-refractivity contribution is 5.80. The van der Waals surface area contributed by atoms with E-state index in [1.165, 1.54) is 0 Å².